The van der Waals surface area contributed by atoms with E-state index in [1.54, 1.807) is 31.3 Å². The maximum absolute atomic E-state index is 11.9. The van der Waals surface area contributed by atoms with Crippen molar-refractivity contribution in [3.63, 3.8) is 0 Å². The van der Waals surface area contributed by atoms with Crippen molar-refractivity contribution in [2.24, 2.45) is 0 Å². The lowest BCUT2D eigenvalue weighted by atomic mass is 10.2. The van der Waals surface area contributed by atoms with Gasteiger partial charge in [-0.05, 0) is 24.3 Å². The minimum absolute atomic E-state index is 0.247. The first-order valence-electron chi connectivity index (χ1n) is 4.91. The van der Waals surface area contributed by atoms with E-state index in [0.717, 1.165) is 0 Å². The Morgan fingerprint density at radius 3 is 2.59 bits per heavy atom. The highest BCUT2D eigenvalue weighted by Gasteiger charge is 2.15. The molecule has 2 aromatic rings. The van der Waals surface area contributed by atoms with Gasteiger partial charge < -0.3 is 9.42 Å². The molecule has 0 aliphatic carbocycles. The monoisotopic (exact) mass is 227 g/mol. The molecular weight excluding hydrogens is 218 g/mol. The van der Waals surface area contributed by atoms with Gasteiger partial charge in [0.2, 0.25) is 0 Å². The van der Waals surface area contributed by atoms with Crippen LogP contribution in [-0.4, -0.2) is 18.1 Å². The molecule has 1 aromatic heterocycles. The van der Waals surface area contributed by atoms with Gasteiger partial charge in [0.25, 0.3) is 5.91 Å². The summed E-state index contributed by atoms with van der Waals surface area (Å²) in [6.07, 6.45) is 1.35. The molecule has 0 unspecified atom stereocenters. The lowest BCUT2D eigenvalue weighted by molar-refractivity contribution is 0.0984. The van der Waals surface area contributed by atoms with Crippen LogP contribution in [0.3, 0.4) is 0 Å². The summed E-state index contributed by atoms with van der Waals surface area (Å²) < 4.78 is 4.62. The van der Waals surface area contributed by atoms with E-state index in [2.05, 4.69) is 9.68 Å². The summed E-state index contributed by atoms with van der Waals surface area (Å²) in [5, 5.41) is 12.3. The molecule has 0 saturated carbocycles. The molecule has 0 radical (unpaired) electrons. The second-order valence-corrected chi connectivity index (χ2v) is 3.41. The van der Waals surface area contributed by atoms with Gasteiger partial charge in [0, 0.05) is 18.8 Å². The Labute approximate surface area is 97.9 Å². The predicted octanol–water partition coefficient (Wildman–Crippen LogP) is 1.82. The van der Waals surface area contributed by atoms with Crippen LogP contribution in [-0.2, 0) is 0 Å². The molecule has 5 heteroatoms. The Kier molecular flexibility index (Phi) is 2.88. The zero-order chi connectivity index (χ0) is 12.3. The third-order valence-electron chi connectivity index (χ3n) is 2.35. The summed E-state index contributed by atoms with van der Waals surface area (Å²) in [6.45, 7) is 0. The van der Waals surface area contributed by atoms with Gasteiger partial charge in [0.05, 0.1) is 11.6 Å². The molecule has 0 spiro atoms. The number of hydrogen-bond donors (Lipinski definition) is 0. The SMILES string of the molecule is CN(C(=O)c1ccon1)c1ccc(C#N)cc1. The van der Waals surface area contributed by atoms with Crippen molar-refractivity contribution in [1.82, 2.24) is 5.16 Å². The van der Waals surface area contributed by atoms with Gasteiger partial charge in [-0.1, -0.05) is 5.16 Å². The largest absolute Gasteiger partial charge is 0.364 e. The number of amides is 1. The normalized spacial score (nSPS) is 9.65. The van der Waals surface area contributed by atoms with E-state index in [1.807, 2.05) is 6.07 Å². The summed E-state index contributed by atoms with van der Waals surface area (Å²) in [6, 6.07) is 10.2. The van der Waals surface area contributed by atoms with Gasteiger partial charge in [0.1, 0.15) is 6.26 Å². The minimum atomic E-state index is -0.261. The van der Waals surface area contributed by atoms with Crippen molar-refractivity contribution in [2.75, 3.05) is 11.9 Å². The zero-order valence-corrected chi connectivity index (χ0v) is 9.12. The van der Waals surface area contributed by atoms with Crippen molar-refractivity contribution >= 4 is 11.6 Å². The number of carbonyl (C=O) groups is 1. The van der Waals surface area contributed by atoms with Gasteiger partial charge >= 0.3 is 0 Å². The maximum atomic E-state index is 11.9. The molecule has 0 aliphatic rings. The number of nitrogens with zero attached hydrogens (tertiary/aromatic N) is 3. The maximum Gasteiger partial charge on any atom is 0.280 e. The van der Waals surface area contributed by atoms with Crippen LogP contribution in [0.5, 0.6) is 0 Å². The molecule has 0 aliphatic heterocycles. The van der Waals surface area contributed by atoms with Gasteiger partial charge in [-0.15, -0.1) is 0 Å². The number of carbonyl (C=O) groups excluding carboxylic acids is 1. The average molecular weight is 227 g/mol. The Hall–Kier alpha value is -2.61. The molecule has 1 amide bonds. The van der Waals surface area contributed by atoms with Crippen LogP contribution in [0, 0.1) is 11.3 Å². The third kappa shape index (κ3) is 2.16. The van der Waals surface area contributed by atoms with Crippen molar-refractivity contribution in [3.05, 3.63) is 47.9 Å². The van der Waals surface area contributed by atoms with Crippen LogP contribution in [0.4, 0.5) is 5.69 Å². The number of nitriles is 1. The van der Waals surface area contributed by atoms with Crippen LogP contribution < -0.4 is 4.90 Å². The smallest absolute Gasteiger partial charge is 0.280 e. The number of aromatic nitrogens is 1. The molecule has 0 saturated heterocycles. The topological polar surface area (TPSA) is 70.1 Å². The summed E-state index contributed by atoms with van der Waals surface area (Å²) in [4.78, 5) is 13.3. The van der Waals surface area contributed by atoms with E-state index < -0.39 is 0 Å². The molecule has 2 rings (SSSR count). The van der Waals surface area contributed by atoms with Gasteiger partial charge in [-0.2, -0.15) is 5.26 Å². The van der Waals surface area contributed by atoms with E-state index >= 15 is 0 Å². The minimum Gasteiger partial charge on any atom is -0.364 e. The highest BCUT2D eigenvalue weighted by Crippen LogP contribution is 2.15. The standard InChI is InChI=1S/C12H9N3O2/c1-15(12(16)11-6-7-17-14-11)10-4-2-9(8-13)3-5-10/h2-7H,1H3. The summed E-state index contributed by atoms with van der Waals surface area (Å²) in [5.74, 6) is -0.261. The lowest BCUT2D eigenvalue weighted by Crippen LogP contribution is -2.26. The molecule has 0 bridgehead atoms. The first-order chi connectivity index (χ1) is 8.22. The highest BCUT2D eigenvalue weighted by molar-refractivity contribution is 6.04. The zero-order valence-electron chi connectivity index (χ0n) is 9.12. The molecule has 1 heterocycles. The second-order valence-electron chi connectivity index (χ2n) is 3.41. The Bertz CT molecular complexity index is 552. The van der Waals surface area contributed by atoms with E-state index in [9.17, 15) is 4.79 Å². The van der Waals surface area contributed by atoms with Crippen molar-refractivity contribution < 1.29 is 9.32 Å². The van der Waals surface area contributed by atoms with Crippen LogP contribution in [0.1, 0.15) is 16.1 Å². The van der Waals surface area contributed by atoms with Crippen LogP contribution >= 0.6 is 0 Å². The first kappa shape index (κ1) is 10.9. The van der Waals surface area contributed by atoms with E-state index in [1.165, 1.54) is 17.2 Å². The number of rotatable bonds is 2. The van der Waals surface area contributed by atoms with E-state index in [0.29, 0.717) is 11.3 Å². The molecule has 84 valence electrons. The Morgan fingerprint density at radius 1 is 1.35 bits per heavy atom. The third-order valence-corrected chi connectivity index (χ3v) is 2.35. The predicted molar refractivity (Wildman–Crippen MR) is 60.4 cm³/mol. The average Bonchev–Trinajstić information content (AvgIpc) is 2.91. The van der Waals surface area contributed by atoms with Crippen LogP contribution in [0.2, 0.25) is 0 Å². The molecule has 5 nitrogen and oxygen atoms in total. The fourth-order valence-corrected chi connectivity index (χ4v) is 1.37. The Balaban J connectivity index is 2.22. The highest BCUT2D eigenvalue weighted by atomic mass is 16.5. The van der Waals surface area contributed by atoms with E-state index in [-0.39, 0.29) is 11.6 Å². The number of benzene rings is 1. The second kappa shape index (κ2) is 4.49. The first-order valence-corrected chi connectivity index (χ1v) is 4.91. The molecule has 0 N–H and O–H groups in total. The van der Waals surface area contributed by atoms with Crippen molar-refractivity contribution in [3.8, 4) is 6.07 Å². The fraction of sp³-hybridized carbons (Fsp3) is 0.0833. The number of hydrogen-bond acceptors (Lipinski definition) is 4. The number of anilines is 1. The molecule has 1 aromatic carbocycles. The lowest BCUT2D eigenvalue weighted by Gasteiger charge is -2.15. The summed E-state index contributed by atoms with van der Waals surface area (Å²) >= 11 is 0. The molecule has 0 fully saturated rings. The Morgan fingerprint density at radius 2 is 2.06 bits per heavy atom. The van der Waals surface area contributed by atoms with Gasteiger partial charge in [-0.25, -0.2) is 0 Å². The quantitative estimate of drug-likeness (QED) is 0.784. The van der Waals surface area contributed by atoms with E-state index in [4.69, 9.17) is 5.26 Å². The molecular formula is C12H9N3O2. The van der Waals surface area contributed by atoms with Crippen molar-refractivity contribution in [2.45, 2.75) is 0 Å². The van der Waals surface area contributed by atoms with Gasteiger partial charge in [0.15, 0.2) is 5.69 Å². The fourth-order valence-electron chi connectivity index (χ4n) is 1.37. The summed E-state index contributed by atoms with van der Waals surface area (Å²) in [5.41, 5.74) is 1.49. The molecule has 0 atom stereocenters. The summed E-state index contributed by atoms with van der Waals surface area (Å²) in [7, 11) is 1.64. The van der Waals surface area contributed by atoms with Crippen LogP contribution in [0.15, 0.2) is 41.1 Å². The van der Waals surface area contributed by atoms with Gasteiger partial charge in [-0.3, -0.25) is 4.79 Å². The molecule has 17 heavy (non-hydrogen) atoms. The van der Waals surface area contributed by atoms with Crippen LogP contribution in [0.25, 0.3) is 0 Å². The van der Waals surface area contributed by atoms with Crippen molar-refractivity contribution in [1.29, 1.82) is 5.26 Å².